The molecule has 0 unspecified atom stereocenters. The van der Waals surface area contributed by atoms with Crippen molar-refractivity contribution in [2.75, 3.05) is 5.32 Å². The molecule has 0 bridgehead atoms. The molecule has 0 saturated heterocycles. The zero-order valence-electron chi connectivity index (χ0n) is 16.8. The van der Waals surface area contributed by atoms with Crippen molar-refractivity contribution in [3.05, 3.63) is 65.4 Å². The van der Waals surface area contributed by atoms with Crippen molar-refractivity contribution in [2.24, 2.45) is 0 Å². The molecule has 3 rings (SSSR count). The first kappa shape index (κ1) is 19.7. The monoisotopic (exact) mass is 379 g/mol. The summed E-state index contributed by atoms with van der Waals surface area (Å²) in [6.45, 7) is 9.71. The molecule has 3 aromatic rings. The first-order chi connectivity index (χ1) is 13.2. The minimum Gasteiger partial charge on any atom is -0.449 e. The molecule has 5 nitrogen and oxygen atoms in total. The SMILES string of the molecule is Cc1c(C(=O)O[C@H](C)C(=O)Nc2ccc(C(C)(C)C)cc2)oc2ccccc12. The molecule has 0 aliphatic carbocycles. The maximum absolute atomic E-state index is 12.5. The average Bonchev–Trinajstić information content (AvgIpc) is 2.98. The van der Waals surface area contributed by atoms with Crippen LogP contribution >= 0.6 is 0 Å². The second kappa shape index (κ2) is 7.50. The summed E-state index contributed by atoms with van der Waals surface area (Å²) >= 11 is 0. The molecule has 1 aromatic heterocycles. The number of anilines is 1. The predicted molar refractivity (Wildman–Crippen MR) is 110 cm³/mol. The number of carbonyl (C=O) groups is 2. The fourth-order valence-electron chi connectivity index (χ4n) is 2.93. The van der Waals surface area contributed by atoms with Crippen molar-refractivity contribution in [1.29, 1.82) is 0 Å². The van der Waals surface area contributed by atoms with Crippen LogP contribution in [-0.2, 0) is 14.9 Å². The predicted octanol–water partition coefficient (Wildman–Crippen LogP) is 5.22. The zero-order valence-corrected chi connectivity index (χ0v) is 16.8. The van der Waals surface area contributed by atoms with E-state index in [1.807, 2.05) is 42.5 Å². The van der Waals surface area contributed by atoms with Crippen LogP contribution in [0.4, 0.5) is 5.69 Å². The highest BCUT2D eigenvalue weighted by atomic mass is 16.6. The number of nitrogens with one attached hydrogen (secondary N) is 1. The molecule has 0 aliphatic rings. The summed E-state index contributed by atoms with van der Waals surface area (Å²) in [7, 11) is 0. The van der Waals surface area contributed by atoms with Crippen LogP contribution in [0.3, 0.4) is 0 Å². The van der Waals surface area contributed by atoms with Crippen LogP contribution in [0.25, 0.3) is 11.0 Å². The summed E-state index contributed by atoms with van der Waals surface area (Å²) in [5.74, 6) is -0.930. The van der Waals surface area contributed by atoms with E-state index in [9.17, 15) is 9.59 Å². The summed E-state index contributed by atoms with van der Waals surface area (Å²) in [5, 5.41) is 3.62. The Balaban J connectivity index is 1.66. The molecule has 146 valence electrons. The zero-order chi connectivity index (χ0) is 20.5. The van der Waals surface area contributed by atoms with Crippen molar-refractivity contribution in [3.8, 4) is 0 Å². The third-order valence-corrected chi connectivity index (χ3v) is 4.70. The van der Waals surface area contributed by atoms with Gasteiger partial charge in [-0.05, 0) is 43.0 Å². The van der Waals surface area contributed by atoms with Gasteiger partial charge in [-0.1, -0.05) is 51.1 Å². The number of hydrogen-bond donors (Lipinski definition) is 1. The van der Waals surface area contributed by atoms with Gasteiger partial charge < -0.3 is 14.5 Å². The number of furan rings is 1. The Morgan fingerprint density at radius 2 is 1.68 bits per heavy atom. The number of amides is 1. The van der Waals surface area contributed by atoms with Gasteiger partial charge in [-0.3, -0.25) is 4.79 Å². The average molecular weight is 379 g/mol. The van der Waals surface area contributed by atoms with E-state index in [-0.39, 0.29) is 11.2 Å². The number of ether oxygens (including phenoxy) is 1. The number of benzene rings is 2. The number of aryl methyl sites for hydroxylation is 1. The molecule has 0 fully saturated rings. The standard InChI is InChI=1S/C23H25NO4/c1-14-18-8-6-7-9-19(18)28-20(14)22(26)27-15(2)21(25)24-17-12-10-16(11-13-17)23(3,4)5/h6-13,15H,1-5H3,(H,24,25)/t15-/m1/s1. The third kappa shape index (κ3) is 4.09. The van der Waals surface area contributed by atoms with E-state index in [4.69, 9.17) is 9.15 Å². The van der Waals surface area contributed by atoms with Crippen LogP contribution in [0.15, 0.2) is 52.9 Å². The Hall–Kier alpha value is -3.08. The van der Waals surface area contributed by atoms with Crippen molar-refractivity contribution in [2.45, 2.75) is 46.1 Å². The normalized spacial score (nSPS) is 12.6. The molecular formula is C23H25NO4. The second-order valence-corrected chi connectivity index (χ2v) is 7.92. The molecule has 1 N–H and O–H groups in total. The minimum atomic E-state index is -0.956. The number of hydrogen-bond acceptors (Lipinski definition) is 4. The van der Waals surface area contributed by atoms with Gasteiger partial charge in [0.25, 0.3) is 5.91 Å². The van der Waals surface area contributed by atoms with Crippen LogP contribution in [0.5, 0.6) is 0 Å². The third-order valence-electron chi connectivity index (χ3n) is 4.70. The fraction of sp³-hybridized carbons (Fsp3) is 0.304. The number of rotatable bonds is 4. The topological polar surface area (TPSA) is 68.5 Å². The Morgan fingerprint density at radius 1 is 1.04 bits per heavy atom. The molecule has 0 radical (unpaired) electrons. The van der Waals surface area contributed by atoms with Crippen molar-refractivity contribution in [1.82, 2.24) is 0 Å². The lowest BCUT2D eigenvalue weighted by Gasteiger charge is -2.19. The van der Waals surface area contributed by atoms with Gasteiger partial charge in [-0.2, -0.15) is 0 Å². The van der Waals surface area contributed by atoms with Crippen LogP contribution in [0, 0.1) is 6.92 Å². The maximum atomic E-state index is 12.5. The Kier molecular flexibility index (Phi) is 5.27. The van der Waals surface area contributed by atoms with E-state index in [1.165, 1.54) is 12.5 Å². The maximum Gasteiger partial charge on any atom is 0.375 e. The summed E-state index contributed by atoms with van der Waals surface area (Å²) in [6.07, 6.45) is -0.956. The molecule has 5 heteroatoms. The Morgan fingerprint density at radius 3 is 2.29 bits per heavy atom. The molecular weight excluding hydrogens is 354 g/mol. The highest BCUT2D eigenvalue weighted by Crippen LogP contribution is 2.26. The number of carbonyl (C=O) groups excluding carboxylic acids is 2. The van der Waals surface area contributed by atoms with Gasteiger partial charge in [0.15, 0.2) is 6.10 Å². The summed E-state index contributed by atoms with van der Waals surface area (Å²) < 4.78 is 10.9. The highest BCUT2D eigenvalue weighted by molar-refractivity contribution is 5.99. The first-order valence-electron chi connectivity index (χ1n) is 9.27. The van der Waals surface area contributed by atoms with Crippen LogP contribution in [0.1, 0.15) is 49.4 Å². The van der Waals surface area contributed by atoms with E-state index >= 15 is 0 Å². The van der Waals surface area contributed by atoms with E-state index in [0.717, 1.165) is 5.39 Å². The number of fused-ring (bicyclic) bond motifs is 1. The summed E-state index contributed by atoms with van der Waals surface area (Å²) in [6, 6.07) is 15.0. The fourth-order valence-corrected chi connectivity index (χ4v) is 2.93. The smallest absolute Gasteiger partial charge is 0.375 e. The summed E-state index contributed by atoms with van der Waals surface area (Å²) in [5.41, 5.74) is 3.18. The lowest BCUT2D eigenvalue weighted by Crippen LogP contribution is -2.30. The Labute approximate surface area is 164 Å². The van der Waals surface area contributed by atoms with E-state index in [1.54, 1.807) is 13.0 Å². The van der Waals surface area contributed by atoms with Crippen molar-refractivity contribution in [3.63, 3.8) is 0 Å². The molecule has 28 heavy (non-hydrogen) atoms. The molecule has 1 amide bonds. The number of esters is 1. The lowest BCUT2D eigenvalue weighted by atomic mass is 9.87. The highest BCUT2D eigenvalue weighted by Gasteiger charge is 2.24. The van der Waals surface area contributed by atoms with Crippen LogP contribution in [0.2, 0.25) is 0 Å². The van der Waals surface area contributed by atoms with Gasteiger partial charge in [0.1, 0.15) is 5.58 Å². The molecule has 1 atom stereocenters. The Bertz CT molecular complexity index is 1010. The van der Waals surface area contributed by atoms with E-state index in [0.29, 0.717) is 16.8 Å². The molecule has 2 aromatic carbocycles. The van der Waals surface area contributed by atoms with Crippen LogP contribution < -0.4 is 5.32 Å². The second-order valence-electron chi connectivity index (χ2n) is 7.92. The molecule has 0 saturated carbocycles. The van der Waals surface area contributed by atoms with Gasteiger partial charge in [0.2, 0.25) is 5.76 Å². The largest absolute Gasteiger partial charge is 0.449 e. The van der Waals surface area contributed by atoms with Gasteiger partial charge in [0.05, 0.1) is 0 Å². The summed E-state index contributed by atoms with van der Waals surface area (Å²) in [4.78, 5) is 24.9. The van der Waals surface area contributed by atoms with Gasteiger partial charge >= 0.3 is 5.97 Å². The number of para-hydroxylation sites is 1. The van der Waals surface area contributed by atoms with E-state index < -0.39 is 18.0 Å². The molecule has 0 spiro atoms. The van der Waals surface area contributed by atoms with Gasteiger partial charge in [-0.25, -0.2) is 4.79 Å². The van der Waals surface area contributed by atoms with Crippen molar-refractivity contribution < 1.29 is 18.7 Å². The van der Waals surface area contributed by atoms with Gasteiger partial charge in [0, 0.05) is 16.6 Å². The minimum absolute atomic E-state index is 0.0375. The van der Waals surface area contributed by atoms with Crippen molar-refractivity contribution >= 4 is 28.5 Å². The molecule has 1 heterocycles. The van der Waals surface area contributed by atoms with Gasteiger partial charge in [-0.15, -0.1) is 0 Å². The van der Waals surface area contributed by atoms with Crippen LogP contribution in [-0.4, -0.2) is 18.0 Å². The molecule has 0 aliphatic heterocycles. The quantitative estimate of drug-likeness (QED) is 0.631. The van der Waals surface area contributed by atoms with E-state index in [2.05, 4.69) is 26.1 Å². The lowest BCUT2D eigenvalue weighted by molar-refractivity contribution is -0.123. The first-order valence-corrected chi connectivity index (χ1v) is 9.27.